The Labute approximate surface area is 130 Å². The van der Waals surface area contributed by atoms with Gasteiger partial charge in [0.05, 0.1) is 12.8 Å². The fraction of sp³-hybridized carbons (Fsp3) is 0.429. The maximum absolute atomic E-state index is 12.1. The SMILES string of the molecule is COc1ccc(NC(C)=O)cc1NC(=O)[C@H](C)OCC(F)(F)F. The zero-order valence-electron chi connectivity index (χ0n) is 12.8. The number of amides is 2. The maximum atomic E-state index is 12.1. The van der Waals surface area contributed by atoms with Crippen LogP contribution in [0.15, 0.2) is 18.2 Å². The van der Waals surface area contributed by atoms with Crippen molar-refractivity contribution < 1.29 is 32.2 Å². The zero-order chi connectivity index (χ0) is 17.6. The van der Waals surface area contributed by atoms with E-state index in [0.717, 1.165) is 0 Å². The Morgan fingerprint density at radius 2 is 1.91 bits per heavy atom. The first-order valence-corrected chi connectivity index (χ1v) is 6.57. The van der Waals surface area contributed by atoms with Crippen molar-refractivity contribution in [3.8, 4) is 5.75 Å². The highest BCUT2D eigenvalue weighted by molar-refractivity contribution is 5.97. The second kappa shape index (κ2) is 7.82. The highest BCUT2D eigenvalue weighted by Crippen LogP contribution is 2.28. The molecule has 0 aliphatic rings. The Morgan fingerprint density at radius 1 is 1.26 bits per heavy atom. The number of hydrogen-bond acceptors (Lipinski definition) is 4. The van der Waals surface area contributed by atoms with E-state index in [9.17, 15) is 22.8 Å². The predicted octanol–water partition coefficient (Wildman–Crippen LogP) is 2.56. The fourth-order valence-corrected chi connectivity index (χ4v) is 1.62. The second-order valence-electron chi connectivity index (χ2n) is 4.65. The van der Waals surface area contributed by atoms with Gasteiger partial charge in [-0.05, 0) is 25.1 Å². The van der Waals surface area contributed by atoms with Crippen LogP contribution in [0.5, 0.6) is 5.75 Å². The van der Waals surface area contributed by atoms with Crippen LogP contribution < -0.4 is 15.4 Å². The van der Waals surface area contributed by atoms with Crippen LogP contribution in [-0.4, -0.2) is 37.8 Å². The molecule has 23 heavy (non-hydrogen) atoms. The molecule has 0 unspecified atom stereocenters. The van der Waals surface area contributed by atoms with Crippen molar-refractivity contribution in [3.63, 3.8) is 0 Å². The molecule has 0 radical (unpaired) electrons. The molecule has 0 aliphatic heterocycles. The minimum Gasteiger partial charge on any atom is -0.495 e. The summed E-state index contributed by atoms with van der Waals surface area (Å²) < 4.78 is 45.8. The van der Waals surface area contributed by atoms with Gasteiger partial charge in [0.25, 0.3) is 5.91 Å². The fourth-order valence-electron chi connectivity index (χ4n) is 1.62. The van der Waals surface area contributed by atoms with E-state index in [4.69, 9.17) is 4.74 Å². The number of nitrogens with one attached hydrogen (secondary N) is 2. The highest BCUT2D eigenvalue weighted by atomic mass is 19.4. The van der Waals surface area contributed by atoms with Gasteiger partial charge >= 0.3 is 6.18 Å². The smallest absolute Gasteiger partial charge is 0.411 e. The van der Waals surface area contributed by atoms with Crippen LogP contribution in [0.3, 0.4) is 0 Å². The lowest BCUT2D eigenvalue weighted by Gasteiger charge is -2.16. The number of halogens is 3. The van der Waals surface area contributed by atoms with Gasteiger partial charge in [-0.2, -0.15) is 13.2 Å². The van der Waals surface area contributed by atoms with Crippen LogP contribution >= 0.6 is 0 Å². The lowest BCUT2D eigenvalue weighted by atomic mass is 10.2. The van der Waals surface area contributed by atoms with Gasteiger partial charge < -0.3 is 20.1 Å². The van der Waals surface area contributed by atoms with Crippen molar-refractivity contribution in [2.24, 2.45) is 0 Å². The summed E-state index contributed by atoms with van der Waals surface area (Å²) in [4.78, 5) is 22.9. The summed E-state index contributed by atoms with van der Waals surface area (Å²) in [5, 5.41) is 4.92. The van der Waals surface area contributed by atoms with E-state index in [1.165, 1.54) is 33.1 Å². The number of anilines is 2. The average Bonchev–Trinajstić information content (AvgIpc) is 2.43. The molecule has 0 fully saturated rings. The van der Waals surface area contributed by atoms with E-state index >= 15 is 0 Å². The second-order valence-corrected chi connectivity index (χ2v) is 4.65. The Kier molecular flexibility index (Phi) is 6.38. The standard InChI is InChI=1S/C14H17F3N2O4/c1-8(23-7-14(15,16)17)13(21)19-11-6-10(18-9(2)20)4-5-12(11)22-3/h4-6,8H,7H2,1-3H3,(H,18,20)(H,19,21)/t8-/m0/s1. The molecule has 1 atom stereocenters. The van der Waals surface area contributed by atoms with Gasteiger partial charge in [-0.3, -0.25) is 9.59 Å². The number of methoxy groups -OCH3 is 1. The summed E-state index contributed by atoms with van der Waals surface area (Å²) in [5.74, 6) is -0.794. The summed E-state index contributed by atoms with van der Waals surface area (Å²) in [6.07, 6.45) is -5.83. The van der Waals surface area contributed by atoms with Gasteiger partial charge in [0.1, 0.15) is 18.5 Å². The number of alkyl halides is 3. The third-order valence-electron chi connectivity index (χ3n) is 2.64. The van der Waals surface area contributed by atoms with E-state index in [-0.39, 0.29) is 17.3 Å². The summed E-state index contributed by atoms with van der Waals surface area (Å²) in [7, 11) is 1.37. The summed E-state index contributed by atoms with van der Waals surface area (Å²) in [5.41, 5.74) is 0.601. The molecular weight excluding hydrogens is 317 g/mol. The topological polar surface area (TPSA) is 76.7 Å². The van der Waals surface area contributed by atoms with Crippen molar-refractivity contribution in [2.45, 2.75) is 26.1 Å². The first-order valence-electron chi connectivity index (χ1n) is 6.57. The first kappa shape index (κ1) is 18.8. The van der Waals surface area contributed by atoms with Crippen molar-refractivity contribution in [1.82, 2.24) is 0 Å². The Morgan fingerprint density at radius 3 is 2.43 bits per heavy atom. The zero-order valence-corrected chi connectivity index (χ0v) is 12.8. The van der Waals surface area contributed by atoms with E-state index in [1.807, 2.05) is 0 Å². The molecule has 0 aliphatic carbocycles. The van der Waals surface area contributed by atoms with Gasteiger partial charge in [0, 0.05) is 12.6 Å². The number of hydrogen-bond donors (Lipinski definition) is 2. The van der Waals surface area contributed by atoms with Crippen LogP contribution in [0.25, 0.3) is 0 Å². The minimum atomic E-state index is -4.52. The quantitative estimate of drug-likeness (QED) is 0.838. The molecule has 0 spiro atoms. The molecule has 2 amide bonds. The van der Waals surface area contributed by atoms with Crippen LogP contribution in [0, 0.1) is 0 Å². The largest absolute Gasteiger partial charge is 0.495 e. The van der Waals surface area contributed by atoms with Crippen LogP contribution in [0.1, 0.15) is 13.8 Å². The first-order chi connectivity index (χ1) is 10.6. The molecule has 0 saturated heterocycles. The third-order valence-corrected chi connectivity index (χ3v) is 2.64. The number of carbonyl (C=O) groups excluding carboxylic acids is 2. The molecule has 0 saturated carbocycles. The van der Waals surface area contributed by atoms with E-state index in [0.29, 0.717) is 5.69 Å². The van der Waals surface area contributed by atoms with Gasteiger partial charge in [-0.1, -0.05) is 0 Å². The molecule has 1 aromatic rings. The maximum Gasteiger partial charge on any atom is 0.411 e. The Hall–Kier alpha value is -2.29. The Bertz CT molecular complexity index is 576. The molecule has 9 heteroatoms. The van der Waals surface area contributed by atoms with Gasteiger partial charge in [0.2, 0.25) is 5.91 Å². The van der Waals surface area contributed by atoms with Gasteiger partial charge in [-0.25, -0.2) is 0 Å². The monoisotopic (exact) mass is 334 g/mol. The summed E-state index contributed by atoms with van der Waals surface area (Å²) in [6.45, 7) is 0.991. The summed E-state index contributed by atoms with van der Waals surface area (Å²) >= 11 is 0. The molecule has 1 aromatic carbocycles. The normalized spacial score (nSPS) is 12.4. The number of benzene rings is 1. The number of rotatable bonds is 6. The van der Waals surface area contributed by atoms with Gasteiger partial charge in [-0.15, -0.1) is 0 Å². The van der Waals surface area contributed by atoms with Crippen molar-refractivity contribution in [2.75, 3.05) is 24.4 Å². The number of carbonyl (C=O) groups is 2. The third kappa shape index (κ3) is 6.55. The highest BCUT2D eigenvalue weighted by Gasteiger charge is 2.30. The molecule has 1 rings (SSSR count). The molecule has 0 bridgehead atoms. The average molecular weight is 334 g/mol. The molecule has 0 heterocycles. The molecule has 0 aromatic heterocycles. The number of ether oxygens (including phenoxy) is 2. The predicted molar refractivity (Wildman–Crippen MR) is 77.4 cm³/mol. The van der Waals surface area contributed by atoms with Crippen molar-refractivity contribution in [3.05, 3.63) is 18.2 Å². The summed E-state index contributed by atoms with van der Waals surface area (Å²) in [6, 6.07) is 4.48. The molecule has 128 valence electrons. The lowest BCUT2D eigenvalue weighted by molar-refractivity contribution is -0.184. The minimum absolute atomic E-state index is 0.200. The van der Waals surface area contributed by atoms with E-state index in [1.54, 1.807) is 6.07 Å². The van der Waals surface area contributed by atoms with E-state index in [2.05, 4.69) is 15.4 Å². The Balaban J connectivity index is 2.80. The molecular formula is C14H17F3N2O4. The van der Waals surface area contributed by atoms with Crippen molar-refractivity contribution in [1.29, 1.82) is 0 Å². The van der Waals surface area contributed by atoms with Crippen LogP contribution in [0.2, 0.25) is 0 Å². The lowest BCUT2D eigenvalue weighted by Crippen LogP contribution is -2.31. The van der Waals surface area contributed by atoms with Crippen LogP contribution in [0.4, 0.5) is 24.5 Å². The molecule has 2 N–H and O–H groups in total. The van der Waals surface area contributed by atoms with Crippen LogP contribution in [-0.2, 0) is 14.3 Å². The molecule has 6 nitrogen and oxygen atoms in total. The van der Waals surface area contributed by atoms with Crippen molar-refractivity contribution >= 4 is 23.2 Å². The van der Waals surface area contributed by atoms with E-state index < -0.39 is 24.8 Å². The van der Waals surface area contributed by atoms with Gasteiger partial charge in [0.15, 0.2) is 0 Å².